The van der Waals surface area contributed by atoms with Crippen LogP contribution in [0.5, 0.6) is 0 Å². The van der Waals surface area contributed by atoms with Crippen LogP contribution < -0.4 is 10.2 Å². The molecule has 1 aliphatic heterocycles. The van der Waals surface area contributed by atoms with Crippen molar-refractivity contribution < 1.29 is 22.4 Å². The molecule has 0 radical (unpaired) electrons. The van der Waals surface area contributed by atoms with Gasteiger partial charge in [-0.2, -0.15) is 13.2 Å². The van der Waals surface area contributed by atoms with Crippen LogP contribution in [0.2, 0.25) is 0 Å². The number of nitrogens with zero attached hydrogens (tertiary/aromatic N) is 4. The number of alkyl halides is 3. The van der Waals surface area contributed by atoms with Crippen LogP contribution >= 0.6 is 12.4 Å². The largest absolute Gasteiger partial charge is 0.416 e. The molecular formula is C27H24ClF4N5O. The van der Waals surface area contributed by atoms with Crippen molar-refractivity contribution in [3.05, 3.63) is 84.2 Å². The number of halogens is 5. The minimum Gasteiger partial charge on any atom is -0.351 e. The summed E-state index contributed by atoms with van der Waals surface area (Å²) in [6.07, 6.45) is -4.41. The number of nitrogens with one attached hydrogen (secondary N) is 1. The summed E-state index contributed by atoms with van der Waals surface area (Å²) < 4.78 is 52.1. The molecule has 1 saturated heterocycles. The van der Waals surface area contributed by atoms with Crippen LogP contribution in [0.15, 0.2) is 72.8 Å². The van der Waals surface area contributed by atoms with Crippen molar-refractivity contribution >= 4 is 40.7 Å². The highest BCUT2D eigenvalue weighted by atomic mass is 35.5. The molecule has 1 aromatic heterocycles. The van der Waals surface area contributed by atoms with Gasteiger partial charge in [-0.15, -0.1) is 22.6 Å². The normalized spacial score (nSPS) is 15.8. The maximum absolute atomic E-state index is 13.2. The van der Waals surface area contributed by atoms with E-state index in [9.17, 15) is 22.4 Å². The van der Waals surface area contributed by atoms with E-state index < -0.39 is 11.7 Å². The van der Waals surface area contributed by atoms with Gasteiger partial charge in [-0.3, -0.25) is 0 Å². The molecule has 11 heteroatoms. The summed E-state index contributed by atoms with van der Waals surface area (Å²) in [6, 6.07) is 17.6. The maximum Gasteiger partial charge on any atom is 0.416 e. The molecule has 1 N–H and O–H groups in total. The van der Waals surface area contributed by atoms with Crippen LogP contribution in [0.25, 0.3) is 22.0 Å². The van der Waals surface area contributed by atoms with Crippen LogP contribution in [0.1, 0.15) is 12.5 Å². The number of urea groups is 1. The number of carbonyl (C=O) groups is 1. The fraction of sp³-hybridized carbons (Fsp3) is 0.222. The summed E-state index contributed by atoms with van der Waals surface area (Å²) in [5, 5.41) is 13.2. The molecule has 0 saturated carbocycles. The van der Waals surface area contributed by atoms with Crippen molar-refractivity contribution in [3.8, 4) is 11.3 Å². The van der Waals surface area contributed by atoms with Crippen LogP contribution in [0.4, 0.5) is 33.9 Å². The Labute approximate surface area is 222 Å². The van der Waals surface area contributed by atoms with E-state index in [4.69, 9.17) is 0 Å². The van der Waals surface area contributed by atoms with Gasteiger partial charge in [0, 0.05) is 47.7 Å². The van der Waals surface area contributed by atoms with E-state index in [-0.39, 0.29) is 30.3 Å². The van der Waals surface area contributed by atoms with Crippen LogP contribution in [0.3, 0.4) is 0 Å². The van der Waals surface area contributed by atoms with Crippen molar-refractivity contribution in [1.82, 2.24) is 15.1 Å². The Morgan fingerprint density at radius 2 is 1.58 bits per heavy atom. The molecule has 2 heterocycles. The third-order valence-corrected chi connectivity index (χ3v) is 6.44. The molecule has 1 aliphatic rings. The maximum atomic E-state index is 13.2. The lowest BCUT2D eigenvalue weighted by molar-refractivity contribution is -0.137. The van der Waals surface area contributed by atoms with Gasteiger partial charge in [0.2, 0.25) is 0 Å². The van der Waals surface area contributed by atoms with E-state index in [1.165, 1.54) is 36.4 Å². The summed E-state index contributed by atoms with van der Waals surface area (Å²) in [5.41, 5.74) is 0.828. The number of hydrogen-bond acceptors (Lipinski definition) is 4. The lowest BCUT2D eigenvalue weighted by Crippen LogP contribution is -2.55. The molecular weight excluding hydrogens is 522 g/mol. The second kappa shape index (κ2) is 10.8. The predicted octanol–water partition coefficient (Wildman–Crippen LogP) is 6.62. The summed E-state index contributed by atoms with van der Waals surface area (Å²) in [7, 11) is 0. The number of aromatic nitrogens is 2. The standard InChI is InChI=1S/C27H23F4N5O.ClH/c1-17-16-35(14-15-36(17)26(37)32-21-12-10-20(28)11-13-21)25-23-5-3-2-4-22(23)24(33-34-25)18-6-8-19(9-7-18)27(29,30)31;/h2-13,17H,14-16H2,1H3,(H,32,37);1H. The molecule has 1 atom stereocenters. The molecule has 1 unspecified atom stereocenters. The first-order valence-corrected chi connectivity index (χ1v) is 11.7. The molecule has 38 heavy (non-hydrogen) atoms. The topological polar surface area (TPSA) is 61.4 Å². The summed E-state index contributed by atoms with van der Waals surface area (Å²) >= 11 is 0. The second-order valence-electron chi connectivity index (χ2n) is 8.92. The SMILES string of the molecule is CC1CN(c2nnc(-c3ccc(C(F)(F)F)cc3)c3ccccc23)CCN1C(=O)Nc1ccc(F)cc1.Cl. The number of rotatable bonds is 3. The Kier molecular flexibility index (Phi) is 7.73. The second-order valence-corrected chi connectivity index (χ2v) is 8.92. The lowest BCUT2D eigenvalue weighted by Gasteiger charge is -2.40. The highest BCUT2D eigenvalue weighted by molar-refractivity contribution is 6.00. The zero-order chi connectivity index (χ0) is 26.2. The molecule has 6 nitrogen and oxygen atoms in total. The van der Waals surface area contributed by atoms with Gasteiger partial charge in [0.25, 0.3) is 0 Å². The minimum absolute atomic E-state index is 0. The van der Waals surface area contributed by atoms with Crippen molar-refractivity contribution in [1.29, 1.82) is 0 Å². The first-order valence-electron chi connectivity index (χ1n) is 11.7. The van der Waals surface area contributed by atoms with Gasteiger partial charge in [0.15, 0.2) is 5.82 Å². The zero-order valence-electron chi connectivity index (χ0n) is 20.2. The highest BCUT2D eigenvalue weighted by Crippen LogP contribution is 2.34. The monoisotopic (exact) mass is 545 g/mol. The third-order valence-electron chi connectivity index (χ3n) is 6.44. The molecule has 5 rings (SSSR count). The smallest absolute Gasteiger partial charge is 0.351 e. The van der Waals surface area contributed by atoms with Crippen molar-refractivity contribution in [2.75, 3.05) is 29.9 Å². The molecule has 0 aliphatic carbocycles. The predicted molar refractivity (Wildman–Crippen MR) is 141 cm³/mol. The van der Waals surface area contributed by atoms with Gasteiger partial charge in [-0.1, -0.05) is 36.4 Å². The Balaban J connectivity index is 0.00000336. The van der Waals surface area contributed by atoms with Crippen LogP contribution in [-0.4, -0.2) is 46.8 Å². The van der Waals surface area contributed by atoms with Gasteiger partial charge >= 0.3 is 12.2 Å². The zero-order valence-corrected chi connectivity index (χ0v) is 21.1. The van der Waals surface area contributed by atoms with Gasteiger partial charge < -0.3 is 15.1 Å². The number of fused-ring (bicyclic) bond motifs is 1. The Morgan fingerprint density at radius 3 is 2.21 bits per heavy atom. The summed E-state index contributed by atoms with van der Waals surface area (Å²) in [4.78, 5) is 16.6. The first-order chi connectivity index (χ1) is 17.7. The fourth-order valence-electron chi connectivity index (χ4n) is 4.53. The van der Waals surface area contributed by atoms with E-state index in [2.05, 4.69) is 20.4 Å². The van der Waals surface area contributed by atoms with Crippen molar-refractivity contribution in [2.45, 2.75) is 19.1 Å². The number of carbonyl (C=O) groups excluding carboxylic acids is 1. The number of benzene rings is 3. The van der Waals surface area contributed by atoms with E-state index in [1.54, 1.807) is 4.90 Å². The fourth-order valence-corrected chi connectivity index (χ4v) is 4.53. The average Bonchev–Trinajstić information content (AvgIpc) is 2.89. The average molecular weight is 546 g/mol. The van der Waals surface area contributed by atoms with Crippen LogP contribution in [-0.2, 0) is 6.18 Å². The molecule has 1 fully saturated rings. The van der Waals surface area contributed by atoms with E-state index in [1.807, 2.05) is 31.2 Å². The number of amides is 2. The highest BCUT2D eigenvalue weighted by Gasteiger charge is 2.31. The molecule has 4 aromatic rings. The van der Waals surface area contributed by atoms with E-state index in [0.29, 0.717) is 42.4 Å². The molecule has 198 valence electrons. The number of hydrogen-bond donors (Lipinski definition) is 1. The summed E-state index contributed by atoms with van der Waals surface area (Å²) in [5.74, 6) is 0.273. The van der Waals surface area contributed by atoms with Gasteiger partial charge in [0.1, 0.15) is 11.5 Å². The Hall–Kier alpha value is -3.92. The number of piperazine rings is 1. The Morgan fingerprint density at radius 1 is 0.921 bits per heavy atom. The van der Waals surface area contributed by atoms with Gasteiger partial charge in [-0.25, -0.2) is 9.18 Å². The first kappa shape index (κ1) is 27.1. The van der Waals surface area contributed by atoms with Crippen molar-refractivity contribution in [3.63, 3.8) is 0 Å². The molecule has 3 aromatic carbocycles. The molecule has 0 spiro atoms. The minimum atomic E-state index is -4.41. The van der Waals surface area contributed by atoms with Crippen LogP contribution in [0, 0.1) is 5.82 Å². The van der Waals surface area contributed by atoms with E-state index in [0.717, 1.165) is 22.9 Å². The quantitative estimate of drug-likeness (QED) is 0.294. The third kappa shape index (κ3) is 5.50. The summed E-state index contributed by atoms with van der Waals surface area (Å²) in [6.45, 7) is 3.39. The van der Waals surface area contributed by atoms with E-state index >= 15 is 0 Å². The lowest BCUT2D eigenvalue weighted by atomic mass is 10.0. The number of anilines is 2. The Bertz CT molecular complexity index is 1430. The molecule has 0 bridgehead atoms. The van der Waals surface area contributed by atoms with Gasteiger partial charge in [-0.05, 0) is 43.3 Å². The van der Waals surface area contributed by atoms with Gasteiger partial charge in [0.05, 0.1) is 5.56 Å². The molecule has 2 amide bonds. The van der Waals surface area contributed by atoms with Crippen molar-refractivity contribution in [2.24, 2.45) is 0 Å².